The molecule has 7 nitrogen and oxygen atoms in total. The third-order valence-corrected chi connectivity index (χ3v) is 7.74. The normalized spacial score (nSPS) is 20.6. The lowest BCUT2D eigenvalue weighted by Gasteiger charge is -2.55. The molecule has 1 saturated heterocycles. The summed E-state index contributed by atoms with van der Waals surface area (Å²) in [6, 6.07) is 9.39. The molecule has 1 aliphatic heterocycles. The highest BCUT2D eigenvalue weighted by Gasteiger charge is 2.41. The Hall–Kier alpha value is -1.73. The first-order valence-corrected chi connectivity index (χ1v) is 12.4. The molecule has 1 amide bonds. The molecule has 0 spiro atoms. The molecule has 188 valence electrons. The van der Waals surface area contributed by atoms with Crippen molar-refractivity contribution in [2.45, 2.75) is 19.1 Å². The van der Waals surface area contributed by atoms with Gasteiger partial charge in [0.25, 0.3) is 0 Å². The standard InChI is InChI=1S/C21H24Cl2F3N3O4S/c1-13-9-28(11-19(31)27-18(12-30)14-5-3-2-4-6-14)34(32,33)29(10-13)20-16(22)7-15(8-17(20)23)21(24,25)26/h2-8,13,18,30,32-33H,9-12H2,1H3,(H,27,31)/t13-,18-/m1/s1. The molecule has 1 heterocycles. The summed E-state index contributed by atoms with van der Waals surface area (Å²) < 4.78 is 63.5. The van der Waals surface area contributed by atoms with Crippen molar-refractivity contribution in [2.24, 2.45) is 5.92 Å². The Labute approximate surface area is 206 Å². The SMILES string of the molecule is C[C@@H]1CN(CC(=O)N[C@H](CO)c2ccccc2)S(O)(O)N(c2c(Cl)cc(C(F)(F)F)cc2Cl)C1. The zero-order valence-corrected chi connectivity index (χ0v) is 20.3. The number of alkyl halides is 3. The Balaban J connectivity index is 1.84. The van der Waals surface area contributed by atoms with Gasteiger partial charge in [0, 0.05) is 13.1 Å². The first-order valence-electron chi connectivity index (χ1n) is 10.2. The second-order valence-electron chi connectivity index (χ2n) is 7.98. The van der Waals surface area contributed by atoms with Crippen LogP contribution in [0.1, 0.15) is 24.1 Å². The number of amides is 1. The minimum Gasteiger partial charge on any atom is -0.394 e. The first kappa shape index (κ1) is 26.9. The Morgan fingerprint density at radius 3 is 2.29 bits per heavy atom. The van der Waals surface area contributed by atoms with Crippen molar-refractivity contribution in [1.29, 1.82) is 0 Å². The van der Waals surface area contributed by atoms with Gasteiger partial charge in [-0.1, -0.05) is 60.5 Å². The highest BCUT2D eigenvalue weighted by molar-refractivity contribution is 8.23. The molecule has 0 aliphatic carbocycles. The number of rotatable bonds is 6. The lowest BCUT2D eigenvalue weighted by molar-refractivity contribution is -0.137. The third kappa shape index (κ3) is 5.91. The summed E-state index contributed by atoms with van der Waals surface area (Å²) in [5.74, 6) is -0.800. The molecule has 0 unspecified atom stereocenters. The van der Waals surface area contributed by atoms with E-state index in [1.54, 1.807) is 37.3 Å². The molecule has 0 aromatic heterocycles. The quantitative estimate of drug-likeness (QED) is 0.401. The Morgan fingerprint density at radius 1 is 1.18 bits per heavy atom. The van der Waals surface area contributed by atoms with Crippen LogP contribution in [-0.4, -0.2) is 50.7 Å². The molecule has 4 N–H and O–H groups in total. The molecule has 1 aliphatic rings. The van der Waals surface area contributed by atoms with Gasteiger partial charge in [-0.25, -0.2) is 0 Å². The van der Waals surface area contributed by atoms with Crippen molar-refractivity contribution >= 4 is 45.8 Å². The smallest absolute Gasteiger partial charge is 0.394 e. The highest BCUT2D eigenvalue weighted by atomic mass is 35.5. The molecular formula is C21H24Cl2F3N3O4S. The number of aliphatic hydroxyl groups is 1. The molecule has 0 radical (unpaired) electrons. The van der Waals surface area contributed by atoms with Gasteiger partial charge in [0.05, 0.1) is 40.5 Å². The maximum absolute atomic E-state index is 13.1. The Kier molecular flexibility index (Phi) is 8.29. The van der Waals surface area contributed by atoms with Crippen LogP contribution in [0.15, 0.2) is 42.5 Å². The highest BCUT2D eigenvalue weighted by Crippen LogP contribution is 2.56. The van der Waals surface area contributed by atoms with Gasteiger partial charge in [-0.2, -0.15) is 17.5 Å². The lowest BCUT2D eigenvalue weighted by Crippen LogP contribution is -2.52. The van der Waals surface area contributed by atoms with Crippen LogP contribution in [0.2, 0.25) is 10.0 Å². The van der Waals surface area contributed by atoms with Gasteiger partial charge in [0.15, 0.2) is 0 Å². The monoisotopic (exact) mass is 541 g/mol. The Bertz CT molecular complexity index is 1010. The van der Waals surface area contributed by atoms with Crippen LogP contribution in [0.4, 0.5) is 18.9 Å². The molecule has 2 atom stereocenters. The van der Waals surface area contributed by atoms with Crippen LogP contribution in [0, 0.1) is 5.92 Å². The predicted octanol–water partition coefficient (Wildman–Crippen LogP) is 5.20. The lowest BCUT2D eigenvalue weighted by atomic mass is 10.1. The van der Waals surface area contributed by atoms with Gasteiger partial charge in [0.2, 0.25) is 5.91 Å². The fraction of sp³-hybridized carbons (Fsp3) is 0.381. The van der Waals surface area contributed by atoms with Gasteiger partial charge in [-0.05, 0) is 34.6 Å². The molecular weight excluding hydrogens is 518 g/mol. The maximum atomic E-state index is 13.1. The van der Waals surface area contributed by atoms with E-state index in [9.17, 15) is 32.2 Å². The van der Waals surface area contributed by atoms with E-state index in [1.807, 2.05) is 0 Å². The van der Waals surface area contributed by atoms with Crippen LogP contribution < -0.4 is 9.62 Å². The summed E-state index contributed by atoms with van der Waals surface area (Å²) in [6.45, 7) is 1.12. The number of carbonyl (C=O) groups is 1. The van der Waals surface area contributed by atoms with Gasteiger partial charge in [-0.3, -0.25) is 18.2 Å². The zero-order valence-electron chi connectivity index (χ0n) is 18.0. The zero-order chi connectivity index (χ0) is 25.3. The van der Waals surface area contributed by atoms with Crippen molar-refractivity contribution in [3.63, 3.8) is 0 Å². The first-order chi connectivity index (χ1) is 15.8. The van der Waals surface area contributed by atoms with Crippen LogP contribution >= 0.6 is 34.2 Å². The maximum Gasteiger partial charge on any atom is 0.416 e. The van der Waals surface area contributed by atoms with E-state index in [0.717, 1.165) is 8.61 Å². The average Bonchev–Trinajstić information content (AvgIpc) is 2.74. The van der Waals surface area contributed by atoms with Crippen LogP contribution in [0.5, 0.6) is 0 Å². The average molecular weight is 542 g/mol. The molecule has 0 bridgehead atoms. The number of nitrogens with zero attached hydrogens (tertiary/aromatic N) is 2. The second kappa shape index (κ2) is 10.5. The van der Waals surface area contributed by atoms with Gasteiger partial charge >= 0.3 is 6.18 Å². The van der Waals surface area contributed by atoms with Gasteiger partial charge in [0.1, 0.15) is 0 Å². The molecule has 2 aromatic rings. The Morgan fingerprint density at radius 2 is 1.76 bits per heavy atom. The van der Waals surface area contributed by atoms with Crippen LogP contribution in [0.25, 0.3) is 0 Å². The number of benzene rings is 2. The van der Waals surface area contributed by atoms with Gasteiger partial charge in [-0.15, -0.1) is 0 Å². The third-order valence-electron chi connectivity index (χ3n) is 5.27. The topological polar surface area (TPSA) is 96.3 Å². The largest absolute Gasteiger partial charge is 0.416 e. The molecule has 2 aromatic carbocycles. The molecule has 13 heteroatoms. The van der Waals surface area contributed by atoms with Crippen molar-refractivity contribution in [3.05, 3.63) is 63.6 Å². The number of hydrogen-bond donors (Lipinski definition) is 4. The van der Waals surface area contributed by atoms with Crippen LogP contribution in [-0.2, 0) is 11.0 Å². The number of anilines is 1. The van der Waals surface area contributed by atoms with E-state index in [0.29, 0.717) is 17.7 Å². The second-order valence-corrected chi connectivity index (χ2v) is 10.7. The van der Waals surface area contributed by atoms with Crippen LogP contribution in [0.3, 0.4) is 0 Å². The minimum atomic E-state index is -4.69. The van der Waals surface area contributed by atoms with E-state index in [1.165, 1.54) is 0 Å². The number of carbonyl (C=O) groups excluding carboxylic acids is 1. The minimum absolute atomic E-state index is 0.0362. The van der Waals surface area contributed by atoms with E-state index >= 15 is 0 Å². The van der Waals surface area contributed by atoms with E-state index < -0.39 is 51.2 Å². The number of hydrogen-bond acceptors (Lipinski definition) is 6. The molecule has 1 fully saturated rings. The van der Waals surface area contributed by atoms with Gasteiger partial charge < -0.3 is 10.4 Å². The summed E-state index contributed by atoms with van der Waals surface area (Å²) in [7, 11) is -3.85. The number of aliphatic hydroxyl groups excluding tert-OH is 1. The molecule has 34 heavy (non-hydrogen) atoms. The van der Waals surface area contributed by atoms with E-state index in [2.05, 4.69) is 5.32 Å². The summed E-state index contributed by atoms with van der Waals surface area (Å²) in [6.07, 6.45) is -4.69. The van der Waals surface area contributed by atoms with Crippen molar-refractivity contribution < 1.29 is 32.2 Å². The van der Waals surface area contributed by atoms with E-state index in [-0.39, 0.29) is 31.3 Å². The summed E-state index contributed by atoms with van der Waals surface area (Å²) in [4.78, 5) is 12.7. The molecule has 0 saturated carbocycles. The van der Waals surface area contributed by atoms with E-state index in [4.69, 9.17) is 23.2 Å². The molecule has 3 rings (SSSR count). The predicted molar refractivity (Wildman–Crippen MR) is 127 cm³/mol. The summed E-state index contributed by atoms with van der Waals surface area (Å²) >= 11 is 12.2. The van der Waals surface area contributed by atoms with Crippen molar-refractivity contribution in [1.82, 2.24) is 9.62 Å². The van der Waals surface area contributed by atoms with Crippen molar-refractivity contribution in [3.8, 4) is 0 Å². The van der Waals surface area contributed by atoms with Crippen molar-refractivity contribution in [2.75, 3.05) is 30.5 Å². The fourth-order valence-electron chi connectivity index (χ4n) is 3.68. The fourth-order valence-corrected chi connectivity index (χ4v) is 6.39. The number of halogens is 5. The number of nitrogens with one attached hydrogen (secondary N) is 1. The summed E-state index contributed by atoms with van der Waals surface area (Å²) in [5, 5.41) is 11.5. The summed E-state index contributed by atoms with van der Waals surface area (Å²) in [5.41, 5.74) is -0.562.